The van der Waals surface area contributed by atoms with Gasteiger partial charge in [-0.3, -0.25) is 15.2 Å². The van der Waals surface area contributed by atoms with Crippen molar-refractivity contribution >= 4 is 17.9 Å². The van der Waals surface area contributed by atoms with E-state index in [1.807, 2.05) is 31.2 Å². The van der Waals surface area contributed by atoms with Gasteiger partial charge in [0.25, 0.3) is 5.91 Å². The summed E-state index contributed by atoms with van der Waals surface area (Å²) in [5.41, 5.74) is 2.13. The average molecular weight is 242 g/mol. The summed E-state index contributed by atoms with van der Waals surface area (Å²) < 4.78 is 0. The molecule has 92 valence electrons. The molecule has 0 saturated carbocycles. The third kappa shape index (κ3) is 3.04. The zero-order chi connectivity index (χ0) is 13.0. The molecule has 0 radical (unpaired) electrons. The third-order valence-corrected chi connectivity index (χ3v) is 2.43. The molecule has 18 heavy (non-hydrogen) atoms. The van der Waals surface area contributed by atoms with Gasteiger partial charge in [0.15, 0.2) is 0 Å². The average Bonchev–Trinajstić information content (AvgIpc) is 2.74. The molecule has 2 rings (SSSR count). The highest BCUT2D eigenvalue weighted by Crippen LogP contribution is 2.08. The van der Waals surface area contributed by atoms with Gasteiger partial charge >= 0.3 is 0 Å². The highest BCUT2D eigenvalue weighted by atomic mass is 16.1. The first-order valence-electron chi connectivity index (χ1n) is 5.59. The lowest BCUT2D eigenvalue weighted by atomic mass is 10.1. The first-order valence-corrected chi connectivity index (χ1v) is 5.59. The van der Waals surface area contributed by atoms with Gasteiger partial charge in [-0.15, -0.1) is 5.10 Å². The molecule has 0 aliphatic carbocycles. The SMILES string of the molecule is Cc1nc(NC(=O)/C=C/c2ccccc2C)n[nH]1. The Morgan fingerprint density at radius 2 is 2.11 bits per heavy atom. The molecule has 0 bridgehead atoms. The Balaban J connectivity index is 2.01. The van der Waals surface area contributed by atoms with E-state index >= 15 is 0 Å². The molecule has 1 heterocycles. The van der Waals surface area contributed by atoms with E-state index in [0.29, 0.717) is 5.82 Å². The number of hydrogen-bond acceptors (Lipinski definition) is 3. The van der Waals surface area contributed by atoms with E-state index in [-0.39, 0.29) is 11.9 Å². The molecule has 0 spiro atoms. The summed E-state index contributed by atoms with van der Waals surface area (Å²) in [7, 11) is 0. The van der Waals surface area contributed by atoms with Crippen LogP contribution in [0.5, 0.6) is 0 Å². The number of carbonyl (C=O) groups excluding carboxylic acids is 1. The predicted octanol–water partition coefficient (Wildman–Crippen LogP) is 2.07. The van der Waals surface area contributed by atoms with Gasteiger partial charge < -0.3 is 0 Å². The molecule has 1 aromatic heterocycles. The number of benzene rings is 1. The number of hydrogen-bond donors (Lipinski definition) is 2. The molecule has 5 nitrogen and oxygen atoms in total. The van der Waals surface area contributed by atoms with E-state index in [1.54, 1.807) is 13.0 Å². The van der Waals surface area contributed by atoms with Crippen molar-refractivity contribution in [3.63, 3.8) is 0 Å². The number of amides is 1. The van der Waals surface area contributed by atoms with Crippen molar-refractivity contribution in [3.8, 4) is 0 Å². The van der Waals surface area contributed by atoms with Crippen LogP contribution in [-0.4, -0.2) is 21.1 Å². The second kappa shape index (κ2) is 5.27. The minimum Gasteiger partial charge on any atom is -0.290 e. The van der Waals surface area contributed by atoms with E-state index in [1.165, 1.54) is 6.08 Å². The molecule has 0 aliphatic heterocycles. The Bertz CT molecular complexity index is 586. The number of aromatic nitrogens is 3. The Kier molecular flexibility index (Phi) is 3.52. The summed E-state index contributed by atoms with van der Waals surface area (Å²) in [6.45, 7) is 3.77. The van der Waals surface area contributed by atoms with E-state index < -0.39 is 0 Å². The number of carbonyl (C=O) groups is 1. The van der Waals surface area contributed by atoms with Crippen LogP contribution in [0.4, 0.5) is 5.95 Å². The maximum Gasteiger partial charge on any atom is 0.250 e. The maximum absolute atomic E-state index is 11.6. The van der Waals surface area contributed by atoms with Crippen LogP contribution in [-0.2, 0) is 4.79 Å². The summed E-state index contributed by atoms with van der Waals surface area (Å²) in [6.07, 6.45) is 3.23. The van der Waals surface area contributed by atoms with Crippen molar-refractivity contribution in [2.75, 3.05) is 5.32 Å². The van der Waals surface area contributed by atoms with E-state index in [4.69, 9.17) is 0 Å². The summed E-state index contributed by atoms with van der Waals surface area (Å²) in [5, 5.41) is 9.06. The van der Waals surface area contributed by atoms with Gasteiger partial charge in [0.1, 0.15) is 5.82 Å². The fourth-order valence-corrected chi connectivity index (χ4v) is 1.49. The van der Waals surface area contributed by atoms with Gasteiger partial charge in [0.2, 0.25) is 5.95 Å². The topological polar surface area (TPSA) is 70.7 Å². The molecule has 0 fully saturated rings. The second-order valence-corrected chi connectivity index (χ2v) is 3.92. The number of nitrogens with one attached hydrogen (secondary N) is 2. The lowest BCUT2D eigenvalue weighted by Gasteiger charge is -1.98. The van der Waals surface area contributed by atoms with Crippen LogP contribution in [0.1, 0.15) is 17.0 Å². The smallest absolute Gasteiger partial charge is 0.250 e. The van der Waals surface area contributed by atoms with E-state index in [9.17, 15) is 4.79 Å². The molecule has 1 amide bonds. The van der Waals surface area contributed by atoms with E-state index in [2.05, 4.69) is 20.5 Å². The predicted molar refractivity (Wildman–Crippen MR) is 70.0 cm³/mol. The standard InChI is InChI=1S/C13H14N4O/c1-9-5-3-4-6-11(9)7-8-12(18)15-13-14-10(2)16-17-13/h3-8H,1-2H3,(H2,14,15,16,17,18)/b8-7+. The molecule has 0 saturated heterocycles. The molecular weight excluding hydrogens is 228 g/mol. The first-order chi connectivity index (χ1) is 8.65. The molecule has 0 atom stereocenters. The third-order valence-electron chi connectivity index (χ3n) is 2.43. The summed E-state index contributed by atoms with van der Waals surface area (Å²) in [5.74, 6) is 0.692. The number of nitrogens with zero attached hydrogens (tertiary/aromatic N) is 2. The van der Waals surface area contributed by atoms with Gasteiger partial charge in [-0.2, -0.15) is 4.98 Å². The molecule has 2 N–H and O–H groups in total. The van der Waals surface area contributed by atoms with E-state index in [0.717, 1.165) is 11.1 Å². The second-order valence-electron chi connectivity index (χ2n) is 3.92. The normalized spacial score (nSPS) is 10.8. The largest absolute Gasteiger partial charge is 0.290 e. The number of H-pyrrole nitrogens is 1. The lowest BCUT2D eigenvalue weighted by Crippen LogP contribution is -2.09. The van der Waals surface area contributed by atoms with Crippen LogP contribution in [0.3, 0.4) is 0 Å². The van der Waals surface area contributed by atoms with Crippen LogP contribution in [0.15, 0.2) is 30.3 Å². The molecule has 0 aliphatic rings. The van der Waals surface area contributed by atoms with Gasteiger partial charge in [0.05, 0.1) is 0 Å². The molecule has 0 unspecified atom stereocenters. The highest BCUT2D eigenvalue weighted by molar-refractivity contribution is 6.00. The van der Waals surface area contributed by atoms with Crippen molar-refractivity contribution in [3.05, 3.63) is 47.3 Å². The Hall–Kier alpha value is -2.43. The molecule has 5 heteroatoms. The molecule has 1 aromatic carbocycles. The molecule has 2 aromatic rings. The van der Waals surface area contributed by atoms with Crippen LogP contribution in [0, 0.1) is 13.8 Å². The Labute approximate surface area is 105 Å². The van der Waals surface area contributed by atoms with Gasteiger partial charge in [-0.1, -0.05) is 24.3 Å². The highest BCUT2D eigenvalue weighted by Gasteiger charge is 2.02. The van der Waals surface area contributed by atoms with Crippen molar-refractivity contribution in [2.24, 2.45) is 0 Å². The number of aromatic amines is 1. The fourth-order valence-electron chi connectivity index (χ4n) is 1.49. The summed E-state index contributed by atoms with van der Waals surface area (Å²) in [4.78, 5) is 15.6. The van der Waals surface area contributed by atoms with Crippen LogP contribution < -0.4 is 5.32 Å². The zero-order valence-corrected chi connectivity index (χ0v) is 10.3. The fraction of sp³-hybridized carbons (Fsp3) is 0.154. The zero-order valence-electron chi connectivity index (χ0n) is 10.3. The van der Waals surface area contributed by atoms with Crippen LogP contribution >= 0.6 is 0 Å². The van der Waals surface area contributed by atoms with Gasteiger partial charge in [-0.05, 0) is 31.1 Å². The first kappa shape index (κ1) is 12.0. The van der Waals surface area contributed by atoms with Crippen molar-refractivity contribution in [1.82, 2.24) is 15.2 Å². The van der Waals surface area contributed by atoms with Crippen molar-refractivity contribution in [1.29, 1.82) is 0 Å². The minimum absolute atomic E-state index is 0.253. The Morgan fingerprint density at radius 3 is 2.78 bits per heavy atom. The minimum atomic E-state index is -0.253. The quantitative estimate of drug-likeness (QED) is 0.809. The number of aryl methyl sites for hydroxylation is 2. The van der Waals surface area contributed by atoms with Crippen molar-refractivity contribution < 1.29 is 4.79 Å². The van der Waals surface area contributed by atoms with Gasteiger partial charge in [0, 0.05) is 6.08 Å². The van der Waals surface area contributed by atoms with Crippen molar-refractivity contribution in [2.45, 2.75) is 13.8 Å². The van der Waals surface area contributed by atoms with Crippen LogP contribution in [0.25, 0.3) is 6.08 Å². The summed E-state index contributed by atoms with van der Waals surface area (Å²) >= 11 is 0. The molecular formula is C13H14N4O. The van der Waals surface area contributed by atoms with Crippen LogP contribution in [0.2, 0.25) is 0 Å². The number of anilines is 1. The maximum atomic E-state index is 11.6. The monoisotopic (exact) mass is 242 g/mol. The lowest BCUT2D eigenvalue weighted by molar-refractivity contribution is -0.111. The summed E-state index contributed by atoms with van der Waals surface area (Å²) in [6, 6.07) is 7.85. The number of rotatable bonds is 3. The Morgan fingerprint density at radius 1 is 1.33 bits per heavy atom. The van der Waals surface area contributed by atoms with Gasteiger partial charge in [-0.25, -0.2) is 0 Å².